The van der Waals surface area contributed by atoms with Crippen LogP contribution in [0.25, 0.3) is 0 Å². The van der Waals surface area contributed by atoms with Gasteiger partial charge in [-0.15, -0.1) is 0 Å². The van der Waals surface area contributed by atoms with Crippen molar-refractivity contribution in [3.63, 3.8) is 0 Å². The molecule has 0 nitrogen and oxygen atoms in total. The zero-order valence-electron chi connectivity index (χ0n) is 11.2. The van der Waals surface area contributed by atoms with Gasteiger partial charge in [-0.2, -0.15) is 0 Å². The average molecular weight is 198 g/mol. The second kappa shape index (κ2) is 6.48. The molecule has 0 aromatic rings. The van der Waals surface area contributed by atoms with E-state index in [4.69, 9.17) is 0 Å². The van der Waals surface area contributed by atoms with Gasteiger partial charge in [0.1, 0.15) is 0 Å². The Morgan fingerprint density at radius 1 is 1.14 bits per heavy atom. The van der Waals surface area contributed by atoms with Crippen LogP contribution >= 0.6 is 0 Å². The van der Waals surface area contributed by atoms with Crippen LogP contribution in [0.15, 0.2) is 0 Å². The lowest BCUT2D eigenvalue weighted by Crippen LogP contribution is -2.39. The first-order valence-electron chi connectivity index (χ1n) is 6.63. The maximum Gasteiger partial charge on any atom is -0.0295 e. The molecule has 0 atom stereocenters. The first kappa shape index (κ1) is 14.0. The second-order valence-corrected chi connectivity index (χ2v) is 5.02. The van der Waals surface area contributed by atoms with Crippen LogP contribution in [0.4, 0.5) is 0 Å². The minimum atomic E-state index is 0.768. The maximum absolute atomic E-state index is 2.37. The molecule has 14 heavy (non-hydrogen) atoms. The summed E-state index contributed by atoms with van der Waals surface area (Å²) in [5.74, 6) is 1.96. The molecule has 0 radical (unpaired) electrons. The largest absolute Gasteiger partial charge is 0.0683 e. The second-order valence-electron chi connectivity index (χ2n) is 5.02. The normalized spacial score (nSPS) is 30.6. The van der Waals surface area contributed by atoms with E-state index in [-0.39, 0.29) is 0 Å². The highest BCUT2D eigenvalue weighted by molar-refractivity contribution is 4.93. The molecule has 0 aliphatic heterocycles. The fraction of sp³-hybridized carbons (Fsp3) is 1.00. The van der Waals surface area contributed by atoms with E-state index in [0.29, 0.717) is 0 Å². The molecule has 1 rings (SSSR count). The van der Waals surface area contributed by atoms with Gasteiger partial charge in [0.2, 0.25) is 0 Å². The number of hydrogen-bond donors (Lipinski definition) is 0. The highest BCUT2D eigenvalue weighted by atomic mass is 14.5. The average Bonchev–Trinajstić information content (AvgIpc) is 2.13. The van der Waals surface area contributed by atoms with E-state index < -0.39 is 0 Å². The van der Waals surface area contributed by atoms with Crippen molar-refractivity contribution in [1.29, 1.82) is 0 Å². The molecule has 0 aromatic carbocycles. The summed E-state index contributed by atoms with van der Waals surface area (Å²) in [6.07, 6.45) is 7.26. The van der Waals surface area contributed by atoms with Crippen LogP contribution in [-0.2, 0) is 0 Å². The fourth-order valence-corrected chi connectivity index (χ4v) is 2.72. The van der Waals surface area contributed by atoms with Crippen LogP contribution in [0.2, 0.25) is 0 Å². The van der Waals surface area contributed by atoms with Gasteiger partial charge >= 0.3 is 0 Å². The van der Waals surface area contributed by atoms with Gasteiger partial charge < -0.3 is 0 Å². The minimum absolute atomic E-state index is 0.768. The molecule has 1 aliphatic rings. The van der Waals surface area contributed by atoms with Crippen molar-refractivity contribution in [2.45, 2.75) is 73.6 Å². The summed E-state index contributed by atoms with van der Waals surface area (Å²) in [4.78, 5) is 0. The molecule has 1 fully saturated rings. The van der Waals surface area contributed by atoms with Crippen molar-refractivity contribution >= 4 is 0 Å². The summed E-state index contributed by atoms with van der Waals surface area (Å²) in [5.41, 5.74) is 0.768. The van der Waals surface area contributed by atoms with E-state index in [2.05, 4.69) is 27.7 Å². The van der Waals surface area contributed by atoms with E-state index in [1.165, 1.54) is 32.1 Å². The van der Waals surface area contributed by atoms with Crippen LogP contribution in [0, 0.1) is 17.3 Å². The molecular weight excluding hydrogens is 168 g/mol. The number of hydrogen-bond acceptors (Lipinski definition) is 0. The Balaban J connectivity index is 0.000000791. The molecular formula is C14H30. The van der Waals surface area contributed by atoms with Gasteiger partial charge in [0.25, 0.3) is 0 Å². The van der Waals surface area contributed by atoms with E-state index in [9.17, 15) is 0 Å². The Morgan fingerprint density at radius 3 is 1.93 bits per heavy atom. The van der Waals surface area contributed by atoms with Crippen molar-refractivity contribution in [1.82, 2.24) is 0 Å². The van der Waals surface area contributed by atoms with E-state index >= 15 is 0 Å². The van der Waals surface area contributed by atoms with Gasteiger partial charge in [0, 0.05) is 0 Å². The monoisotopic (exact) mass is 198 g/mol. The summed E-state index contributed by atoms with van der Waals surface area (Å²) in [6, 6.07) is 0. The fourth-order valence-electron chi connectivity index (χ4n) is 2.72. The topological polar surface area (TPSA) is 0 Å². The molecule has 86 valence electrons. The van der Waals surface area contributed by atoms with E-state index in [0.717, 1.165) is 17.3 Å². The van der Waals surface area contributed by atoms with Gasteiger partial charge in [0.05, 0.1) is 0 Å². The lowest BCUT2D eigenvalue weighted by atomic mass is 9.56. The zero-order valence-corrected chi connectivity index (χ0v) is 11.2. The third-order valence-electron chi connectivity index (χ3n) is 3.86. The molecule has 0 heteroatoms. The highest BCUT2D eigenvalue weighted by Crippen LogP contribution is 2.53. The van der Waals surface area contributed by atoms with Gasteiger partial charge in [0.15, 0.2) is 0 Å². The predicted octanol–water partition coefficient (Wildman–Crippen LogP) is 5.28. The molecule has 0 heterocycles. The van der Waals surface area contributed by atoms with Gasteiger partial charge in [-0.25, -0.2) is 0 Å². The molecule has 0 saturated heterocycles. The summed E-state index contributed by atoms with van der Waals surface area (Å²) in [5, 5.41) is 0. The Morgan fingerprint density at radius 2 is 1.64 bits per heavy atom. The molecule has 0 spiro atoms. The molecule has 0 amide bonds. The Labute approximate surface area is 91.5 Å². The third kappa shape index (κ3) is 3.29. The van der Waals surface area contributed by atoms with Crippen molar-refractivity contribution < 1.29 is 0 Å². The minimum Gasteiger partial charge on any atom is -0.0683 e. The van der Waals surface area contributed by atoms with Crippen molar-refractivity contribution in [2.75, 3.05) is 0 Å². The summed E-state index contributed by atoms with van der Waals surface area (Å²) < 4.78 is 0. The summed E-state index contributed by atoms with van der Waals surface area (Å²) in [6.45, 7) is 13.4. The standard InChI is InChI=1S/C12H24.C2H6/c1-5-7-12(6-2)8-11(9-12)10(3)4;1-2/h10-11H,5-9H2,1-4H3;1-2H3. The van der Waals surface area contributed by atoms with Gasteiger partial charge in [-0.1, -0.05) is 54.4 Å². The molecule has 0 bridgehead atoms. The third-order valence-corrected chi connectivity index (χ3v) is 3.86. The van der Waals surface area contributed by atoms with Crippen molar-refractivity contribution in [2.24, 2.45) is 17.3 Å². The van der Waals surface area contributed by atoms with Gasteiger partial charge in [-0.05, 0) is 36.5 Å². The summed E-state index contributed by atoms with van der Waals surface area (Å²) >= 11 is 0. The first-order chi connectivity index (χ1) is 6.63. The first-order valence-corrected chi connectivity index (χ1v) is 6.63. The predicted molar refractivity (Wildman–Crippen MR) is 66.5 cm³/mol. The molecule has 1 aliphatic carbocycles. The Kier molecular flexibility index (Phi) is 6.48. The lowest BCUT2D eigenvalue weighted by molar-refractivity contribution is 0.0130. The molecule has 0 N–H and O–H groups in total. The van der Waals surface area contributed by atoms with E-state index in [1.54, 1.807) is 0 Å². The van der Waals surface area contributed by atoms with Crippen LogP contribution in [0.1, 0.15) is 73.6 Å². The van der Waals surface area contributed by atoms with Crippen molar-refractivity contribution in [3.8, 4) is 0 Å². The quantitative estimate of drug-likeness (QED) is 0.577. The molecule has 0 unspecified atom stereocenters. The maximum atomic E-state index is 2.37. The summed E-state index contributed by atoms with van der Waals surface area (Å²) in [7, 11) is 0. The van der Waals surface area contributed by atoms with E-state index in [1.807, 2.05) is 13.8 Å². The lowest BCUT2D eigenvalue weighted by Gasteiger charge is -2.49. The van der Waals surface area contributed by atoms with Gasteiger partial charge in [-0.3, -0.25) is 0 Å². The van der Waals surface area contributed by atoms with Crippen LogP contribution in [0.5, 0.6) is 0 Å². The van der Waals surface area contributed by atoms with Crippen molar-refractivity contribution in [3.05, 3.63) is 0 Å². The molecule has 1 saturated carbocycles. The SMILES string of the molecule is CC.CCCC1(CC)CC(C(C)C)C1. The molecule has 0 aromatic heterocycles. The zero-order chi connectivity index (χ0) is 11.2. The Bertz CT molecular complexity index is 129. The highest BCUT2D eigenvalue weighted by Gasteiger charge is 2.42. The van der Waals surface area contributed by atoms with Crippen LogP contribution in [-0.4, -0.2) is 0 Å². The van der Waals surface area contributed by atoms with Crippen LogP contribution in [0.3, 0.4) is 0 Å². The Hall–Kier alpha value is 0. The number of rotatable bonds is 4. The van der Waals surface area contributed by atoms with Crippen LogP contribution < -0.4 is 0 Å². The smallest absolute Gasteiger partial charge is 0.0295 e.